The lowest BCUT2D eigenvalue weighted by Crippen LogP contribution is -2.34. The molecule has 114 valence electrons. The quantitative estimate of drug-likeness (QED) is 0.835. The lowest BCUT2D eigenvalue weighted by molar-refractivity contribution is -0.156. The van der Waals surface area contributed by atoms with Gasteiger partial charge in [0.2, 0.25) is 5.89 Å². The largest absolute Gasteiger partial charge is 0.460 e. The summed E-state index contributed by atoms with van der Waals surface area (Å²) < 4.78 is 10.6. The van der Waals surface area contributed by atoms with Crippen molar-refractivity contribution >= 4 is 17.1 Å². The van der Waals surface area contributed by atoms with Crippen LogP contribution in [0.1, 0.15) is 39.2 Å². The van der Waals surface area contributed by atoms with Crippen molar-refractivity contribution in [2.75, 3.05) is 0 Å². The summed E-state index contributed by atoms with van der Waals surface area (Å²) in [5.41, 5.74) is 6.46. The monoisotopic (exact) mass is 292 g/mol. The van der Waals surface area contributed by atoms with E-state index in [0.717, 1.165) is 0 Å². The molecule has 0 saturated carbocycles. The summed E-state index contributed by atoms with van der Waals surface area (Å²) in [5.74, 6) is -0.364. The van der Waals surface area contributed by atoms with Gasteiger partial charge in [-0.1, -0.05) is 12.1 Å². The number of carbonyl (C=O) groups is 1. The lowest BCUT2D eigenvalue weighted by Gasteiger charge is -2.21. The van der Waals surface area contributed by atoms with Crippen molar-refractivity contribution < 1.29 is 19.1 Å². The van der Waals surface area contributed by atoms with Crippen LogP contribution in [0.2, 0.25) is 0 Å². The molecule has 2 atom stereocenters. The number of nitrogens with two attached hydrogens (primary N) is 1. The molecule has 0 spiro atoms. The number of nitrogens with zero attached hydrogens (tertiary/aromatic N) is 1. The van der Waals surface area contributed by atoms with Crippen molar-refractivity contribution in [3.05, 3.63) is 30.2 Å². The molecule has 0 aliphatic carbocycles. The number of hydrogen-bond acceptors (Lipinski definition) is 6. The number of rotatable bonds is 4. The molecule has 1 aromatic heterocycles. The lowest BCUT2D eigenvalue weighted by atomic mass is 10.1. The third-order valence-electron chi connectivity index (χ3n) is 2.79. The second-order valence-corrected chi connectivity index (χ2v) is 5.92. The van der Waals surface area contributed by atoms with Gasteiger partial charge in [0.25, 0.3) is 0 Å². The van der Waals surface area contributed by atoms with Crippen LogP contribution in [0, 0.1) is 0 Å². The van der Waals surface area contributed by atoms with Gasteiger partial charge in [-0.25, -0.2) is 4.98 Å². The summed E-state index contributed by atoms with van der Waals surface area (Å²) in [6.07, 6.45) is -1.28. The Morgan fingerprint density at radius 2 is 2.10 bits per heavy atom. The molecule has 1 aromatic carbocycles. The van der Waals surface area contributed by atoms with Crippen LogP contribution in [0.15, 0.2) is 28.7 Å². The normalized spacial score (nSPS) is 14.9. The molecule has 3 N–H and O–H groups in total. The number of aromatic nitrogens is 1. The number of aliphatic hydroxyl groups excluding tert-OH is 1. The van der Waals surface area contributed by atoms with E-state index in [4.69, 9.17) is 14.9 Å². The summed E-state index contributed by atoms with van der Waals surface area (Å²) in [6.45, 7) is 5.31. The third kappa shape index (κ3) is 4.03. The predicted molar refractivity (Wildman–Crippen MR) is 77.4 cm³/mol. The van der Waals surface area contributed by atoms with Crippen LogP contribution >= 0.6 is 0 Å². The molecular weight excluding hydrogens is 272 g/mol. The Morgan fingerprint density at radius 1 is 1.43 bits per heavy atom. The van der Waals surface area contributed by atoms with E-state index in [9.17, 15) is 9.90 Å². The highest BCUT2D eigenvalue weighted by atomic mass is 16.6. The molecule has 2 unspecified atom stereocenters. The summed E-state index contributed by atoms with van der Waals surface area (Å²) in [4.78, 5) is 15.9. The van der Waals surface area contributed by atoms with Crippen LogP contribution in [-0.2, 0) is 9.53 Å². The van der Waals surface area contributed by atoms with E-state index in [0.29, 0.717) is 11.1 Å². The van der Waals surface area contributed by atoms with Gasteiger partial charge in [-0.2, -0.15) is 0 Å². The zero-order chi connectivity index (χ0) is 15.6. The molecule has 0 aliphatic heterocycles. The maximum Gasteiger partial charge on any atom is 0.307 e. The number of ether oxygens (including phenoxy) is 1. The second kappa shape index (κ2) is 5.83. The Bertz CT molecular complexity index is 597. The molecule has 0 bridgehead atoms. The van der Waals surface area contributed by atoms with Crippen LogP contribution in [0.5, 0.6) is 0 Å². The van der Waals surface area contributed by atoms with Gasteiger partial charge in [-0.15, -0.1) is 0 Å². The Labute approximate surface area is 122 Å². The van der Waals surface area contributed by atoms with Gasteiger partial charge in [0.15, 0.2) is 5.58 Å². The van der Waals surface area contributed by atoms with Gasteiger partial charge in [0.1, 0.15) is 17.2 Å². The highest BCUT2D eigenvalue weighted by Gasteiger charge is 2.27. The highest BCUT2D eigenvalue weighted by molar-refractivity contribution is 5.72. The first kappa shape index (κ1) is 15.5. The van der Waals surface area contributed by atoms with Crippen molar-refractivity contribution in [3.8, 4) is 0 Å². The number of benzene rings is 1. The molecular formula is C15H20N2O4. The van der Waals surface area contributed by atoms with E-state index in [1.165, 1.54) is 0 Å². The van der Waals surface area contributed by atoms with Gasteiger partial charge in [0.05, 0.1) is 6.42 Å². The van der Waals surface area contributed by atoms with E-state index in [-0.39, 0.29) is 12.3 Å². The van der Waals surface area contributed by atoms with E-state index >= 15 is 0 Å². The minimum absolute atomic E-state index is 0.104. The van der Waals surface area contributed by atoms with E-state index < -0.39 is 23.7 Å². The molecule has 6 nitrogen and oxygen atoms in total. The van der Waals surface area contributed by atoms with Gasteiger partial charge < -0.3 is 20.0 Å². The standard InChI is InChI=1S/C15H20N2O4/c1-15(2,3)21-12(18)8-9(16)13(19)14-17-10-6-4-5-7-11(10)20-14/h4-7,9,13,19H,8,16H2,1-3H3. The van der Waals surface area contributed by atoms with Crippen molar-refractivity contribution in [3.63, 3.8) is 0 Å². The number of carbonyl (C=O) groups excluding carboxylic acids is 1. The molecule has 0 aliphatic rings. The highest BCUT2D eigenvalue weighted by Crippen LogP contribution is 2.23. The van der Waals surface area contributed by atoms with E-state index in [1.807, 2.05) is 12.1 Å². The smallest absolute Gasteiger partial charge is 0.307 e. The number of oxazole rings is 1. The third-order valence-corrected chi connectivity index (χ3v) is 2.79. The molecule has 6 heteroatoms. The Morgan fingerprint density at radius 3 is 2.71 bits per heavy atom. The first-order valence-electron chi connectivity index (χ1n) is 6.77. The summed E-state index contributed by atoms with van der Waals surface area (Å²) in [6, 6.07) is 6.31. The number of aliphatic hydroxyl groups is 1. The molecule has 1 heterocycles. The Hall–Kier alpha value is -1.92. The number of hydrogen-bond donors (Lipinski definition) is 2. The number of para-hydroxylation sites is 2. The molecule has 0 radical (unpaired) electrons. The van der Waals surface area contributed by atoms with Crippen LogP contribution in [0.4, 0.5) is 0 Å². The summed E-state index contributed by atoms with van der Waals surface area (Å²) >= 11 is 0. The van der Waals surface area contributed by atoms with Crippen LogP contribution < -0.4 is 5.73 Å². The van der Waals surface area contributed by atoms with Crippen molar-refractivity contribution in [1.29, 1.82) is 0 Å². The Balaban J connectivity index is 2.05. The van der Waals surface area contributed by atoms with Crippen molar-refractivity contribution in [2.24, 2.45) is 5.73 Å². The first-order chi connectivity index (χ1) is 9.76. The minimum atomic E-state index is -1.16. The number of esters is 1. The number of fused-ring (bicyclic) bond motifs is 1. The van der Waals surface area contributed by atoms with Gasteiger partial charge >= 0.3 is 5.97 Å². The molecule has 21 heavy (non-hydrogen) atoms. The zero-order valence-corrected chi connectivity index (χ0v) is 12.4. The van der Waals surface area contributed by atoms with E-state index in [2.05, 4.69) is 4.98 Å². The van der Waals surface area contributed by atoms with Crippen LogP contribution in [0.25, 0.3) is 11.1 Å². The van der Waals surface area contributed by atoms with Crippen LogP contribution in [0.3, 0.4) is 0 Å². The maximum absolute atomic E-state index is 11.7. The van der Waals surface area contributed by atoms with E-state index in [1.54, 1.807) is 32.9 Å². The average Bonchev–Trinajstić information content (AvgIpc) is 2.78. The second-order valence-electron chi connectivity index (χ2n) is 5.92. The summed E-state index contributed by atoms with van der Waals surface area (Å²) in [7, 11) is 0. The fourth-order valence-corrected chi connectivity index (χ4v) is 1.89. The van der Waals surface area contributed by atoms with Gasteiger partial charge in [0, 0.05) is 6.04 Å². The molecule has 0 saturated heterocycles. The van der Waals surface area contributed by atoms with Crippen molar-refractivity contribution in [1.82, 2.24) is 4.98 Å². The molecule has 2 rings (SSSR count). The molecule has 0 fully saturated rings. The first-order valence-corrected chi connectivity index (χ1v) is 6.77. The van der Waals surface area contributed by atoms with Gasteiger partial charge in [-0.05, 0) is 32.9 Å². The minimum Gasteiger partial charge on any atom is -0.460 e. The molecule has 2 aromatic rings. The maximum atomic E-state index is 11.7. The topological polar surface area (TPSA) is 98.6 Å². The SMILES string of the molecule is CC(C)(C)OC(=O)CC(N)C(O)c1nc2ccccc2o1. The van der Waals surface area contributed by atoms with Crippen LogP contribution in [-0.4, -0.2) is 27.7 Å². The van der Waals surface area contributed by atoms with Gasteiger partial charge in [-0.3, -0.25) is 4.79 Å². The zero-order valence-electron chi connectivity index (χ0n) is 12.4. The fraction of sp³-hybridized carbons (Fsp3) is 0.467. The van der Waals surface area contributed by atoms with Crippen molar-refractivity contribution in [2.45, 2.75) is 44.9 Å². The summed E-state index contributed by atoms with van der Waals surface area (Å²) in [5, 5.41) is 10.1. The Kier molecular flexibility index (Phi) is 4.29. The average molecular weight is 292 g/mol. The molecule has 0 amide bonds. The predicted octanol–water partition coefficient (Wildman–Crippen LogP) is 1.92. The fourth-order valence-electron chi connectivity index (χ4n) is 1.89.